The first kappa shape index (κ1) is 14.5. The van der Waals surface area contributed by atoms with Gasteiger partial charge in [0.15, 0.2) is 0 Å². The average Bonchev–Trinajstić information content (AvgIpc) is 2.42. The van der Waals surface area contributed by atoms with Crippen LogP contribution in [0.25, 0.3) is 0 Å². The molecule has 1 aliphatic heterocycles. The number of benzene rings is 1. The molecule has 0 saturated carbocycles. The summed E-state index contributed by atoms with van der Waals surface area (Å²) in [6, 6.07) is 11.3. The SMILES string of the molecule is CCCC1CCCCN1CC(C)(N)c1ccccc1. The van der Waals surface area contributed by atoms with Crippen LogP contribution >= 0.6 is 0 Å². The predicted octanol–water partition coefficient (Wildman–Crippen LogP) is 3.52. The van der Waals surface area contributed by atoms with Crippen molar-refractivity contribution in [2.45, 2.75) is 57.5 Å². The summed E-state index contributed by atoms with van der Waals surface area (Å²) >= 11 is 0. The summed E-state index contributed by atoms with van der Waals surface area (Å²) in [5, 5.41) is 0. The van der Waals surface area contributed by atoms with Gasteiger partial charge >= 0.3 is 0 Å². The summed E-state index contributed by atoms with van der Waals surface area (Å²) in [7, 11) is 0. The van der Waals surface area contributed by atoms with E-state index in [2.05, 4.69) is 49.1 Å². The highest BCUT2D eigenvalue weighted by atomic mass is 15.2. The largest absolute Gasteiger partial charge is 0.321 e. The van der Waals surface area contributed by atoms with Gasteiger partial charge in [-0.05, 0) is 38.3 Å². The highest BCUT2D eigenvalue weighted by Crippen LogP contribution is 2.26. The van der Waals surface area contributed by atoms with Gasteiger partial charge < -0.3 is 5.73 Å². The molecule has 2 rings (SSSR count). The van der Waals surface area contributed by atoms with E-state index < -0.39 is 0 Å². The molecule has 0 amide bonds. The number of likely N-dealkylation sites (tertiary alicyclic amines) is 1. The molecule has 1 saturated heterocycles. The summed E-state index contributed by atoms with van der Waals surface area (Å²) in [5.74, 6) is 0. The van der Waals surface area contributed by atoms with Gasteiger partial charge in [0.1, 0.15) is 0 Å². The third kappa shape index (κ3) is 3.80. The van der Waals surface area contributed by atoms with Gasteiger partial charge in [0.2, 0.25) is 0 Å². The predicted molar refractivity (Wildman–Crippen MR) is 82.1 cm³/mol. The maximum absolute atomic E-state index is 6.59. The monoisotopic (exact) mass is 260 g/mol. The summed E-state index contributed by atoms with van der Waals surface area (Å²) in [4.78, 5) is 2.62. The van der Waals surface area contributed by atoms with Crippen LogP contribution in [0.5, 0.6) is 0 Å². The fraction of sp³-hybridized carbons (Fsp3) is 0.647. The number of nitrogens with two attached hydrogens (primary N) is 1. The van der Waals surface area contributed by atoms with E-state index in [0.717, 1.165) is 12.6 Å². The Balaban J connectivity index is 2.05. The van der Waals surface area contributed by atoms with E-state index in [1.165, 1.54) is 44.2 Å². The summed E-state index contributed by atoms with van der Waals surface area (Å²) in [5.41, 5.74) is 7.59. The first-order valence-corrected chi connectivity index (χ1v) is 7.72. The van der Waals surface area contributed by atoms with Gasteiger partial charge in [-0.2, -0.15) is 0 Å². The number of hydrogen-bond donors (Lipinski definition) is 1. The normalized spacial score (nSPS) is 24.1. The molecule has 2 nitrogen and oxygen atoms in total. The molecule has 106 valence electrons. The third-order valence-electron chi connectivity index (χ3n) is 4.34. The molecular weight excluding hydrogens is 232 g/mol. The highest BCUT2D eigenvalue weighted by Gasteiger charge is 2.29. The lowest BCUT2D eigenvalue weighted by atomic mass is 9.89. The van der Waals surface area contributed by atoms with Crippen molar-refractivity contribution in [2.75, 3.05) is 13.1 Å². The second-order valence-electron chi connectivity index (χ2n) is 6.19. The molecular formula is C17H28N2. The molecule has 2 unspecified atom stereocenters. The quantitative estimate of drug-likeness (QED) is 0.877. The van der Waals surface area contributed by atoms with Crippen LogP contribution < -0.4 is 5.73 Å². The van der Waals surface area contributed by atoms with Gasteiger partial charge in [-0.15, -0.1) is 0 Å². The van der Waals surface area contributed by atoms with E-state index in [1.54, 1.807) is 0 Å². The topological polar surface area (TPSA) is 29.3 Å². The number of nitrogens with zero attached hydrogens (tertiary/aromatic N) is 1. The summed E-state index contributed by atoms with van der Waals surface area (Å²) in [6.07, 6.45) is 6.64. The summed E-state index contributed by atoms with van der Waals surface area (Å²) < 4.78 is 0. The van der Waals surface area contributed by atoms with Crippen LogP contribution in [-0.2, 0) is 5.54 Å². The molecule has 1 aromatic carbocycles. The maximum atomic E-state index is 6.59. The van der Waals surface area contributed by atoms with Crippen molar-refractivity contribution >= 4 is 0 Å². The van der Waals surface area contributed by atoms with Crippen LogP contribution in [0.4, 0.5) is 0 Å². The molecule has 1 aliphatic rings. The van der Waals surface area contributed by atoms with Gasteiger partial charge in [-0.1, -0.05) is 50.1 Å². The highest BCUT2D eigenvalue weighted by molar-refractivity contribution is 5.23. The van der Waals surface area contributed by atoms with Crippen LogP contribution in [0, 0.1) is 0 Å². The Kier molecular flexibility index (Phi) is 5.00. The van der Waals surface area contributed by atoms with E-state index in [9.17, 15) is 0 Å². The van der Waals surface area contributed by atoms with E-state index in [1.807, 2.05) is 0 Å². The fourth-order valence-corrected chi connectivity index (χ4v) is 3.26. The minimum absolute atomic E-state index is 0.245. The maximum Gasteiger partial charge on any atom is 0.0510 e. The lowest BCUT2D eigenvalue weighted by Gasteiger charge is -2.40. The third-order valence-corrected chi connectivity index (χ3v) is 4.34. The second kappa shape index (κ2) is 6.53. The Morgan fingerprint density at radius 1 is 1.26 bits per heavy atom. The van der Waals surface area contributed by atoms with Crippen molar-refractivity contribution < 1.29 is 0 Å². The standard InChI is InChI=1S/C17H28N2/c1-3-9-16-12-7-8-13-19(16)14-17(2,18)15-10-5-4-6-11-15/h4-6,10-11,16H,3,7-9,12-14,18H2,1-2H3. The number of hydrogen-bond acceptors (Lipinski definition) is 2. The molecule has 0 aromatic heterocycles. The smallest absolute Gasteiger partial charge is 0.0510 e. The lowest BCUT2D eigenvalue weighted by Crippen LogP contribution is -2.50. The lowest BCUT2D eigenvalue weighted by molar-refractivity contribution is 0.111. The molecule has 1 heterocycles. The van der Waals surface area contributed by atoms with Crippen molar-refractivity contribution in [1.82, 2.24) is 4.90 Å². The molecule has 2 heteroatoms. The van der Waals surface area contributed by atoms with Crippen LogP contribution in [0.1, 0.15) is 51.5 Å². The van der Waals surface area contributed by atoms with Crippen LogP contribution in [0.3, 0.4) is 0 Å². The van der Waals surface area contributed by atoms with E-state index >= 15 is 0 Å². The average molecular weight is 260 g/mol. The fourth-order valence-electron chi connectivity index (χ4n) is 3.26. The zero-order valence-electron chi connectivity index (χ0n) is 12.4. The van der Waals surface area contributed by atoms with Crippen molar-refractivity contribution in [3.05, 3.63) is 35.9 Å². The number of rotatable bonds is 5. The molecule has 19 heavy (non-hydrogen) atoms. The Morgan fingerprint density at radius 3 is 2.68 bits per heavy atom. The molecule has 2 N–H and O–H groups in total. The Labute approximate surface area is 118 Å². The van der Waals surface area contributed by atoms with Crippen molar-refractivity contribution in [3.63, 3.8) is 0 Å². The van der Waals surface area contributed by atoms with E-state index in [4.69, 9.17) is 5.73 Å². The molecule has 1 aromatic rings. The zero-order valence-corrected chi connectivity index (χ0v) is 12.4. The molecule has 0 bridgehead atoms. The van der Waals surface area contributed by atoms with Crippen molar-refractivity contribution in [2.24, 2.45) is 5.73 Å². The second-order valence-corrected chi connectivity index (χ2v) is 6.19. The first-order chi connectivity index (χ1) is 9.13. The zero-order chi connectivity index (χ0) is 13.7. The molecule has 0 radical (unpaired) electrons. The van der Waals surface area contributed by atoms with Gasteiger partial charge in [0.25, 0.3) is 0 Å². The minimum atomic E-state index is -0.245. The van der Waals surface area contributed by atoms with Crippen molar-refractivity contribution in [1.29, 1.82) is 0 Å². The molecule has 0 aliphatic carbocycles. The van der Waals surface area contributed by atoms with Crippen LogP contribution in [-0.4, -0.2) is 24.0 Å². The molecule has 1 fully saturated rings. The van der Waals surface area contributed by atoms with Gasteiger partial charge in [-0.3, -0.25) is 4.90 Å². The Hall–Kier alpha value is -0.860. The molecule has 2 atom stereocenters. The summed E-state index contributed by atoms with van der Waals surface area (Å²) in [6.45, 7) is 6.64. The van der Waals surface area contributed by atoms with E-state index in [-0.39, 0.29) is 5.54 Å². The Morgan fingerprint density at radius 2 is 2.00 bits per heavy atom. The Bertz CT molecular complexity index is 370. The van der Waals surface area contributed by atoms with Gasteiger partial charge in [-0.25, -0.2) is 0 Å². The van der Waals surface area contributed by atoms with E-state index in [0.29, 0.717) is 0 Å². The van der Waals surface area contributed by atoms with Crippen molar-refractivity contribution in [3.8, 4) is 0 Å². The first-order valence-electron chi connectivity index (χ1n) is 7.72. The number of piperidine rings is 1. The van der Waals surface area contributed by atoms with Crippen LogP contribution in [0.15, 0.2) is 30.3 Å². The van der Waals surface area contributed by atoms with Crippen LogP contribution in [0.2, 0.25) is 0 Å². The van der Waals surface area contributed by atoms with Gasteiger partial charge in [0.05, 0.1) is 5.54 Å². The molecule has 0 spiro atoms. The minimum Gasteiger partial charge on any atom is -0.321 e. The van der Waals surface area contributed by atoms with Gasteiger partial charge in [0, 0.05) is 12.6 Å².